The van der Waals surface area contributed by atoms with Crippen LogP contribution in [0.25, 0.3) is 0 Å². The summed E-state index contributed by atoms with van der Waals surface area (Å²) in [7, 11) is 0. The maximum Gasteiger partial charge on any atom is 0.246 e. The van der Waals surface area contributed by atoms with Crippen molar-refractivity contribution in [1.29, 1.82) is 0 Å². The molecule has 0 saturated carbocycles. The number of rotatable bonds is 2. The van der Waals surface area contributed by atoms with Gasteiger partial charge in [-0.3, -0.25) is 9.59 Å². The highest BCUT2D eigenvalue weighted by Crippen LogP contribution is 2.16. The van der Waals surface area contributed by atoms with Gasteiger partial charge in [-0.15, -0.1) is 0 Å². The first-order chi connectivity index (χ1) is 5.64. The minimum atomic E-state index is -0.657. The van der Waals surface area contributed by atoms with Crippen molar-refractivity contribution in [1.82, 2.24) is 10.6 Å². The van der Waals surface area contributed by atoms with E-state index in [1.54, 1.807) is 0 Å². The molecule has 0 unspecified atom stereocenters. The highest BCUT2D eigenvalue weighted by molar-refractivity contribution is 5.97. The second kappa shape index (κ2) is 3.13. The molecule has 1 aliphatic rings. The van der Waals surface area contributed by atoms with Crippen LogP contribution in [0.1, 0.15) is 26.7 Å². The fourth-order valence-electron chi connectivity index (χ4n) is 1.45. The van der Waals surface area contributed by atoms with Crippen LogP contribution in [0.4, 0.5) is 0 Å². The Labute approximate surface area is 71.7 Å². The maximum atomic E-state index is 11.4. The molecule has 12 heavy (non-hydrogen) atoms. The van der Waals surface area contributed by atoms with E-state index in [9.17, 15) is 9.59 Å². The van der Waals surface area contributed by atoms with Gasteiger partial charge in [-0.1, -0.05) is 13.8 Å². The van der Waals surface area contributed by atoms with E-state index in [0.717, 1.165) is 0 Å². The Morgan fingerprint density at radius 1 is 1.33 bits per heavy atom. The van der Waals surface area contributed by atoms with E-state index in [2.05, 4.69) is 10.6 Å². The molecule has 0 aromatic rings. The van der Waals surface area contributed by atoms with Crippen molar-refractivity contribution in [3.8, 4) is 0 Å². The molecule has 1 saturated heterocycles. The number of carbonyl (C=O) groups is 2. The Kier molecular flexibility index (Phi) is 2.35. The van der Waals surface area contributed by atoms with E-state index in [4.69, 9.17) is 0 Å². The molecule has 2 amide bonds. The fraction of sp³-hybridized carbons (Fsp3) is 0.750. The Bertz CT molecular complexity index is 209. The molecule has 4 nitrogen and oxygen atoms in total. The third kappa shape index (κ3) is 1.29. The average molecular weight is 170 g/mol. The van der Waals surface area contributed by atoms with Crippen LogP contribution in [0.3, 0.4) is 0 Å². The SMILES string of the molecule is CCC1(CC)NC(=O)CNC1=O. The zero-order valence-corrected chi connectivity index (χ0v) is 7.44. The topological polar surface area (TPSA) is 58.2 Å². The third-order valence-corrected chi connectivity index (χ3v) is 2.43. The molecular formula is C8H14N2O2. The summed E-state index contributed by atoms with van der Waals surface area (Å²) in [4.78, 5) is 22.4. The fourth-order valence-corrected chi connectivity index (χ4v) is 1.45. The summed E-state index contributed by atoms with van der Waals surface area (Å²) in [6.45, 7) is 3.91. The Morgan fingerprint density at radius 2 is 1.92 bits per heavy atom. The third-order valence-electron chi connectivity index (χ3n) is 2.43. The Morgan fingerprint density at radius 3 is 2.33 bits per heavy atom. The zero-order chi connectivity index (χ0) is 9.19. The summed E-state index contributed by atoms with van der Waals surface area (Å²) in [5.41, 5.74) is -0.657. The predicted octanol–water partition coefficient (Wildman–Crippen LogP) is -0.209. The lowest BCUT2D eigenvalue weighted by atomic mass is 9.90. The molecule has 2 N–H and O–H groups in total. The molecule has 68 valence electrons. The number of hydrogen-bond donors (Lipinski definition) is 2. The molecule has 1 aliphatic heterocycles. The molecule has 0 radical (unpaired) electrons. The van der Waals surface area contributed by atoms with Crippen LogP contribution < -0.4 is 10.6 Å². The van der Waals surface area contributed by atoms with Gasteiger partial charge in [0.2, 0.25) is 11.8 Å². The Hall–Kier alpha value is -1.06. The van der Waals surface area contributed by atoms with Crippen molar-refractivity contribution in [2.24, 2.45) is 0 Å². The monoisotopic (exact) mass is 170 g/mol. The molecule has 1 fully saturated rings. The molecule has 0 aromatic carbocycles. The van der Waals surface area contributed by atoms with Crippen LogP contribution in [-0.2, 0) is 9.59 Å². The maximum absolute atomic E-state index is 11.4. The quantitative estimate of drug-likeness (QED) is 0.602. The van der Waals surface area contributed by atoms with Crippen molar-refractivity contribution < 1.29 is 9.59 Å². The molecular weight excluding hydrogens is 156 g/mol. The number of piperazine rings is 1. The van der Waals surface area contributed by atoms with Crippen molar-refractivity contribution >= 4 is 11.8 Å². The highest BCUT2D eigenvalue weighted by atomic mass is 16.2. The molecule has 0 atom stereocenters. The largest absolute Gasteiger partial charge is 0.345 e. The van der Waals surface area contributed by atoms with Gasteiger partial charge in [0.15, 0.2) is 0 Å². The van der Waals surface area contributed by atoms with Crippen LogP contribution in [-0.4, -0.2) is 23.9 Å². The number of amides is 2. The number of carbonyl (C=O) groups excluding carboxylic acids is 2. The summed E-state index contributed by atoms with van der Waals surface area (Å²) in [5, 5.41) is 5.30. The summed E-state index contributed by atoms with van der Waals surface area (Å²) in [5.74, 6) is -0.162. The zero-order valence-electron chi connectivity index (χ0n) is 7.44. The molecule has 4 heteroatoms. The van der Waals surface area contributed by atoms with Gasteiger partial charge in [-0.05, 0) is 12.8 Å². The van der Waals surface area contributed by atoms with Gasteiger partial charge in [-0.25, -0.2) is 0 Å². The summed E-state index contributed by atoms with van der Waals surface area (Å²) in [6, 6.07) is 0. The van der Waals surface area contributed by atoms with Crippen molar-refractivity contribution in [3.05, 3.63) is 0 Å². The van der Waals surface area contributed by atoms with Gasteiger partial charge in [0.1, 0.15) is 5.54 Å². The second-order valence-corrected chi connectivity index (χ2v) is 3.02. The lowest BCUT2D eigenvalue weighted by Crippen LogP contribution is -2.65. The summed E-state index contributed by atoms with van der Waals surface area (Å²) >= 11 is 0. The first-order valence-corrected chi connectivity index (χ1v) is 4.24. The minimum absolute atomic E-state index is 0.0629. The summed E-state index contributed by atoms with van der Waals surface area (Å²) < 4.78 is 0. The lowest BCUT2D eigenvalue weighted by Gasteiger charge is -2.34. The van der Waals surface area contributed by atoms with Crippen LogP contribution in [0, 0.1) is 0 Å². The van der Waals surface area contributed by atoms with Crippen molar-refractivity contribution in [2.75, 3.05) is 6.54 Å². The first-order valence-electron chi connectivity index (χ1n) is 4.24. The molecule has 1 heterocycles. The molecule has 1 rings (SSSR count). The van der Waals surface area contributed by atoms with Gasteiger partial charge >= 0.3 is 0 Å². The predicted molar refractivity (Wildman–Crippen MR) is 44.5 cm³/mol. The van der Waals surface area contributed by atoms with Crippen LogP contribution >= 0.6 is 0 Å². The van der Waals surface area contributed by atoms with Crippen LogP contribution in [0.2, 0.25) is 0 Å². The van der Waals surface area contributed by atoms with Crippen LogP contribution in [0.15, 0.2) is 0 Å². The van der Waals surface area contributed by atoms with Gasteiger partial charge in [0.25, 0.3) is 0 Å². The van der Waals surface area contributed by atoms with Gasteiger partial charge in [0.05, 0.1) is 6.54 Å². The molecule has 0 aromatic heterocycles. The summed E-state index contributed by atoms with van der Waals surface area (Å²) in [6.07, 6.45) is 1.28. The van der Waals surface area contributed by atoms with Crippen molar-refractivity contribution in [2.45, 2.75) is 32.2 Å². The molecule has 0 aliphatic carbocycles. The van der Waals surface area contributed by atoms with E-state index in [1.165, 1.54) is 0 Å². The normalized spacial score (nSPS) is 21.5. The smallest absolute Gasteiger partial charge is 0.246 e. The number of nitrogens with one attached hydrogen (secondary N) is 2. The lowest BCUT2D eigenvalue weighted by molar-refractivity contribution is -0.138. The standard InChI is InChI=1S/C8H14N2O2/c1-3-8(4-2)7(12)9-5-6(11)10-8/h3-5H2,1-2H3,(H,9,12)(H,10,11). The van der Waals surface area contributed by atoms with Crippen LogP contribution in [0.5, 0.6) is 0 Å². The molecule has 0 spiro atoms. The van der Waals surface area contributed by atoms with E-state index < -0.39 is 5.54 Å². The van der Waals surface area contributed by atoms with E-state index >= 15 is 0 Å². The van der Waals surface area contributed by atoms with Crippen molar-refractivity contribution in [3.63, 3.8) is 0 Å². The van der Waals surface area contributed by atoms with E-state index in [-0.39, 0.29) is 18.4 Å². The first kappa shape index (κ1) is 9.03. The average Bonchev–Trinajstić information content (AvgIpc) is 2.09. The number of hydrogen-bond acceptors (Lipinski definition) is 2. The Balaban J connectivity index is 2.82. The molecule has 0 bridgehead atoms. The van der Waals surface area contributed by atoms with Gasteiger partial charge < -0.3 is 10.6 Å². The van der Waals surface area contributed by atoms with Gasteiger partial charge in [-0.2, -0.15) is 0 Å². The van der Waals surface area contributed by atoms with E-state index in [0.29, 0.717) is 12.8 Å². The van der Waals surface area contributed by atoms with Gasteiger partial charge in [0, 0.05) is 0 Å². The minimum Gasteiger partial charge on any atom is -0.345 e. The highest BCUT2D eigenvalue weighted by Gasteiger charge is 2.39. The second-order valence-electron chi connectivity index (χ2n) is 3.02. The van der Waals surface area contributed by atoms with E-state index in [1.807, 2.05) is 13.8 Å².